The molecule has 1 radical (unpaired) electrons. The topological polar surface area (TPSA) is 40.5 Å². The Hall–Kier alpha value is -1.02. The fraction of sp³-hybridized carbons (Fsp3) is 0.364. The van der Waals surface area contributed by atoms with Crippen LogP contribution >= 0.6 is 0 Å². The Morgan fingerprint density at radius 2 is 1.85 bits per heavy atom. The fourth-order valence-electron chi connectivity index (χ4n) is 1.10. The Bertz CT molecular complexity index is 241. The Morgan fingerprint density at radius 3 is 2.38 bits per heavy atom. The predicted molar refractivity (Wildman–Crippen MR) is 52.4 cm³/mol. The van der Waals surface area contributed by atoms with Crippen molar-refractivity contribution in [2.24, 2.45) is 0 Å². The molecule has 0 atom stereocenters. The maximum Gasteiger partial charge on any atom is 0.115 e. The third-order valence-corrected chi connectivity index (χ3v) is 2.05. The number of benzene rings is 1. The molecule has 0 saturated carbocycles. The highest BCUT2D eigenvalue weighted by atomic mass is 16.3. The number of hydrogen-bond donors (Lipinski definition) is 2. The lowest BCUT2D eigenvalue weighted by atomic mass is 10.0. The molecule has 0 saturated heterocycles. The molecule has 0 heterocycles. The molecule has 0 bridgehead atoms. The minimum atomic E-state index is 0.165. The van der Waals surface area contributed by atoms with E-state index in [2.05, 4.69) is 0 Å². The summed E-state index contributed by atoms with van der Waals surface area (Å²) in [5.41, 5.74) is 1.19. The van der Waals surface area contributed by atoms with Crippen LogP contribution in [-0.2, 0) is 6.42 Å². The van der Waals surface area contributed by atoms with Crippen LogP contribution < -0.4 is 0 Å². The minimum Gasteiger partial charge on any atom is -0.508 e. The Balaban J connectivity index is 2.41. The maximum absolute atomic E-state index is 9.04. The standard InChI is InChI=1S/C11H15O2/c1-9(8-12)2-3-10-4-6-11(13)7-5-10/h4-7,12-13H,2-3,8H2,1H3. The number of rotatable bonds is 4. The molecule has 0 aliphatic rings. The first kappa shape index (κ1) is 10.1. The number of aliphatic hydroxyl groups is 1. The van der Waals surface area contributed by atoms with Crippen molar-refractivity contribution < 1.29 is 10.2 Å². The minimum absolute atomic E-state index is 0.165. The van der Waals surface area contributed by atoms with Crippen molar-refractivity contribution in [3.8, 4) is 5.75 Å². The summed E-state index contributed by atoms with van der Waals surface area (Å²) >= 11 is 0. The summed E-state index contributed by atoms with van der Waals surface area (Å²) in [6.45, 7) is 2.11. The number of aryl methyl sites for hydroxylation is 1. The normalized spacial score (nSPS) is 10.7. The van der Waals surface area contributed by atoms with Crippen LogP contribution in [0.1, 0.15) is 18.9 Å². The van der Waals surface area contributed by atoms with E-state index in [1.165, 1.54) is 5.56 Å². The van der Waals surface area contributed by atoms with Crippen LogP contribution in [0.5, 0.6) is 5.75 Å². The van der Waals surface area contributed by atoms with E-state index in [-0.39, 0.29) is 6.61 Å². The maximum atomic E-state index is 9.04. The number of phenols is 1. The van der Waals surface area contributed by atoms with Gasteiger partial charge in [-0.1, -0.05) is 19.1 Å². The number of hydrogen-bond acceptors (Lipinski definition) is 2. The predicted octanol–water partition coefficient (Wildman–Crippen LogP) is 1.91. The van der Waals surface area contributed by atoms with E-state index in [1.54, 1.807) is 12.1 Å². The van der Waals surface area contributed by atoms with Gasteiger partial charge in [0.1, 0.15) is 5.75 Å². The molecule has 1 aromatic carbocycles. The molecule has 0 aromatic heterocycles. The van der Waals surface area contributed by atoms with Crippen LogP contribution in [0.15, 0.2) is 24.3 Å². The van der Waals surface area contributed by atoms with Crippen LogP contribution in [0, 0.1) is 5.92 Å². The molecule has 0 aliphatic heterocycles. The summed E-state index contributed by atoms with van der Waals surface area (Å²) in [6, 6.07) is 7.17. The molecule has 0 amide bonds. The van der Waals surface area contributed by atoms with Crippen molar-refractivity contribution in [3.05, 3.63) is 35.7 Å². The van der Waals surface area contributed by atoms with Crippen LogP contribution in [-0.4, -0.2) is 16.8 Å². The smallest absolute Gasteiger partial charge is 0.115 e. The molecular formula is C11H15O2. The molecule has 2 heteroatoms. The van der Waals surface area contributed by atoms with Crippen molar-refractivity contribution in [2.75, 3.05) is 6.61 Å². The van der Waals surface area contributed by atoms with Crippen LogP contribution in [0.4, 0.5) is 0 Å². The lowest BCUT2D eigenvalue weighted by molar-refractivity contribution is 0.303. The molecule has 1 aromatic rings. The Kier molecular flexibility index (Phi) is 3.77. The third-order valence-electron chi connectivity index (χ3n) is 2.05. The summed E-state index contributed by atoms with van der Waals surface area (Å²) in [4.78, 5) is 0. The summed E-state index contributed by atoms with van der Waals surface area (Å²) in [6.07, 6.45) is 1.83. The third kappa shape index (κ3) is 3.47. The second kappa shape index (κ2) is 4.87. The number of phenolic OH excluding ortho intramolecular Hbond substituents is 1. The number of aromatic hydroxyl groups is 1. The van der Waals surface area contributed by atoms with E-state index in [9.17, 15) is 0 Å². The van der Waals surface area contributed by atoms with Crippen molar-refractivity contribution in [3.63, 3.8) is 0 Å². The zero-order valence-electron chi connectivity index (χ0n) is 7.83. The van der Waals surface area contributed by atoms with E-state index in [1.807, 2.05) is 19.1 Å². The van der Waals surface area contributed by atoms with Gasteiger partial charge in [-0.05, 0) is 36.5 Å². The van der Waals surface area contributed by atoms with Gasteiger partial charge < -0.3 is 10.2 Å². The van der Waals surface area contributed by atoms with Gasteiger partial charge in [0.25, 0.3) is 0 Å². The van der Waals surface area contributed by atoms with Gasteiger partial charge in [-0.25, -0.2) is 0 Å². The molecule has 71 valence electrons. The largest absolute Gasteiger partial charge is 0.508 e. The van der Waals surface area contributed by atoms with Gasteiger partial charge >= 0.3 is 0 Å². The van der Waals surface area contributed by atoms with E-state index < -0.39 is 0 Å². The first-order chi connectivity index (χ1) is 6.22. The molecule has 0 fully saturated rings. The second-order valence-corrected chi connectivity index (χ2v) is 3.28. The highest BCUT2D eigenvalue weighted by Crippen LogP contribution is 2.14. The SMILES string of the molecule is C[C](CO)CCc1ccc(O)cc1. The van der Waals surface area contributed by atoms with Crippen LogP contribution in [0.3, 0.4) is 0 Å². The molecule has 0 unspecified atom stereocenters. The van der Waals surface area contributed by atoms with Crippen molar-refractivity contribution in [2.45, 2.75) is 19.8 Å². The second-order valence-electron chi connectivity index (χ2n) is 3.28. The fourth-order valence-corrected chi connectivity index (χ4v) is 1.10. The summed E-state index contributed by atoms with van der Waals surface area (Å²) in [5, 5.41) is 17.8. The highest BCUT2D eigenvalue weighted by Gasteiger charge is 2.01. The molecular weight excluding hydrogens is 164 g/mol. The first-order valence-corrected chi connectivity index (χ1v) is 4.42. The van der Waals surface area contributed by atoms with Crippen LogP contribution in [0.25, 0.3) is 0 Å². The van der Waals surface area contributed by atoms with Crippen molar-refractivity contribution in [1.82, 2.24) is 0 Å². The van der Waals surface area contributed by atoms with Gasteiger partial charge in [0, 0.05) is 6.61 Å². The average molecular weight is 179 g/mol. The molecule has 0 aliphatic carbocycles. The Labute approximate surface area is 78.8 Å². The molecule has 13 heavy (non-hydrogen) atoms. The van der Waals surface area contributed by atoms with Gasteiger partial charge in [-0.3, -0.25) is 0 Å². The summed E-state index contributed by atoms with van der Waals surface area (Å²) in [7, 11) is 0. The van der Waals surface area contributed by atoms with E-state index in [4.69, 9.17) is 10.2 Å². The highest BCUT2D eigenvalue weighted by molar-refractivity contribution is 5.26. The molecule has 1 rings (SSSR count). The quantitative estimate of drug-likeness (QED) is 0.741. The van der Waals surface area contributed by atoms with Gasteiger partial charge in [-0.15, -0.1) is 0 Å². The Morgan fingerprint density at radius 1 is 1.23 bits per heavy atom. The van der Waals surface area contributed by atoms with Crippen LogP contribution in [0.2, 0.25) is 0 Å². The zero-order valence-corrected chi connectivity index (χ0v) is 7.83. The molecule has 2 nitrogen and oxygen atoms in total. The summed E-state index contributed by atoms with van der Waals surface area (Å²) in [5.74, 6) is 1.39. The molecule has 2 N–H and O–H groups in total. The van der Waals surface area contributed by atoms with E-state index in [0.717, 1.165) is 18.8 Å². The molecule has 0 spiro atoms. The first-order valence-electron chi connectivity index (χ1n) is 4.42. The van der Waals surface area contributed by atoms with E-state index >= 15 is 0 Å². The lowest BCUT2D eigenvalue weighted by Gasteiger charge is -2.06. The summed E-state index contributed by atoms with van der Waals surface area (Å²) < 4.78 is 0. The van der Waals surface area contributed by atoms with Crippen molar-refractivity contribution >= 4 is 0 Å². The number of aliphatic hydroxyl groups excluding tert-OH is 1. The average Bonchev–Trinajstić information content (AvgIpc) is 2.16. The monoisotopic (exact) mass is 179 g/mol. The lowest BCUT2D eigenvalue weighted by Crippen LogP contribution is -1.99. The van der Waals surface area contributed by atoms with E-state index in [0.29, 0.717) is 5.75 Å². The van der Waals surface area contributed by atoms with Gasteiger partial charge in [0.15, 0.2) is 0 Å². The van der Waals surface area contributed by atoms with Gasteiger partial charge in [0.2, 0.25) is 0 Å². The zero-order chi connectivity index (χ0) is 9.68. The van der Waals surface area contributed by atoms with Gasteiger partial charge in [-0.2, -0.15) is 0 Å². The van der Waals surface area contributed by atoms with Crippen molar-refractivity contribution in [1.29, 1.82) is 0 Å². The van der Waals surface area contributed by atoms with Gasteiger partial charge in [0.05, 0.1) is 0 Å².